The van der Waals surface area contributed by atoms with Crippen LogP contribution in [0.1, 0.15) is 18.2 Å². The van der Waals surface area contributed by atoms with Gasteiger partial charge in [0, 0.05) is 24.1 Å². The Bertz CT molecular complexity index is 286. The van der Waals surface area contributed by atoms with Gasteiger partial charge in [-0.3, -0.25) is 9.88 Å². The van der Waals surface area contributed by atoms with Crippen molar-refractivity contribution in [2.24, 2.45) is 0 Å². The predicted molar refractivity (Wildman–Crippen MR) is 63.7 cm³/mol. The summed E-state index contributed by atoms with van der Waals surface area (Å²) >= 11 is 3.54. The first-order valence-electron chi connectivity index (χ1n) is 4.82. The van der Waals surface area contributed by atoms with Crippen molar-refractivity contribution in [2.45, 2.75) is 25.2 Å². The zero-order chi connectivity index (χ0) is 10.6. The van der Waals surface area contributed by atoms with Crippen LogP contribution in [-0.4, -0.2) is 28.3 Å². The van der Waals surface area contributed by atoms with Crippen molar-refractivity contribution >= 4 is 15.9 Å². The summed E-state index contributed by atoms with van der Waals surface area (Å²) in [6, 6.07) is 4.08. The number of halogens is 1. The van der Waals surface area contributed by atoms with E-state index in [0.717, 1.165) is 13.1 Å². The number of alkyl halides is 1. The third-order valence-electron chi connectivity index (χ3n) is 2.10. The quantitative estimate of drug-likeness (QED) is 0.771. The molecule has 1 unspecified atom stereocenters. The van der Waals surface area contributed by atoms with E-state index in [2.05, 4.69) is 52.8 Å². The second-order valence-corrected chi connectivity index (χ2v) is 5.31. The average molecular weight is 257 g/mol. The third-order valence-corrected chi connectivity index (χ3v) is 2.39. The van der Waals surface area contributed by atoms with Crippen LogP contribution in [0.3, 0.4) is 0 Å². The van der Waals surface area contributed by atoms with Gasteiger partial charge in [-0.25, -0.2) is 0 Å². The smallest absolute Gasteiger partial charge is 0.0572 e. The second-order valence-electron chi connectivity index (χ2n) is 3.74. The van der Waals surface area contributed by atoms with Crippen molar-refractivity contribution in [2.75, 3.05) is 13.6 Å². The summed E-state index contributed by atoms with van der Waals surface area (Å²) in [6.45, 7) is 6.22. The van der Waals surface area contributed by atoms with Gasteiger partial charge in [0.1, 0.15) is 0 Å². The van der Waals surface area contributed by atoms with E-state index in [-0.39, 0.29) is 0 Å². The van der Waals surface area contributed by atoms with Crippen LogP contribution in [-0.2, 0) is 6.54 Å². The molecule has 1 rings (SSSR count). The number of aromatic nitrogens is 1. The van der Waals surface area contributed by atoms with Crippen LogP contribution in [0, 0.1) is 6.92 Å². The zero-order valence-electron chi connectivity index (χ0n) is 9.00. The van der Waals surface area contributed by atoms with Gasteiger partial charge < -0.3 is 0 Å². The molecule has 2 nitrogen and oxygen atoms in total. The molecule has 1 atom stereocenters. The SMILES string of the molecule is Cc1cccnc1CN(C)CC(C)Br. The third kappa shape index (κ3) is 3.76. The summed E-state index contributed by atoms with van der Waals surface area (Å²) in [5, 5.41) is 0. The van der Waals surface area contributed by atoms with Gasteiger partial charge in [-0.15, -0.1) is 0 Å². The minimum absolute atomic E-state index is 0.525. The van der Waals surface area contributed by atoms with Crippen molar-refractivity contribution in [3.63, 3.8) is 0 Å². The van der Waals surface area contributed by atoms with Gasteiger partial charge in [-0.1, -0.05) is 28.9 Å². The Labute approximate surface area is 94.5 Å². The number of aryl methyl sites for hydroxylation is 1. The van der Waals surface area contributed by atoms with Crippen LogP contribution in [0.5, 0.6) is 0 Å². The van der Waals surface area contributed by atoms with Crippen molar-refractivity contribution in [3.8, 4) is 0 Å². The summed E-state index contributed by atoms with van der Waals surface area (Å²) in [5.41, 5.74) is 2.43. The zero-order valence-corrected chi connectivity index (χ0v) is 10.6. The van der Waals surface area contributed by atoms with Crippen LogP contribution >= 0.6 is 15.9 Å². The number of rotatable bonds is 4. The van der Waals surface area contributed by atoms with Crippen molar-refractivity contribution in [3.05, 3.63) is 29.6 Å². The van der Waals surface area contributed by atoms with Crippen molar-refractivity contribution in [1.82, 2.24) is 9.88 Å². The molecule has 0 radical (unpaired) electrons. The lowest BCUT2D eigenvalue weighted by molar-refractivity contribution is 0.328. The standard InChI is InChI=1S/C11H17BrN2/c1-9-5-4-6-13-11(9)8-14(3)7-10(2)12/h4-6,10H,7-8H2,1-3H3. The molecule has 0 aliphatic rings. The maximum absolute atomic E-state index is 4.37. The Hall–Kier alpha value is -0.410. The highest BCUT2D eigenvalue weighted by atomic mass is 79.9. The van der Waals surface area contributed by atoms with E-state index < -0.39 is 0 Å². The summed E-state index contributed by atoms with van der Waals surface area (Å²) < 4.78 is 0. The molecule has 0 N–H and O–H groups in total. The molecule has 1 aromatic rings. The summed E-state index contributed by atoms with van der Waals surface area (Å²) in [6.07, 6.45) is 1.85. The highest BCUT2D eigenvalue weighted by molar-refractivity contribution is 9.09. The van der Waals surface area contributed by atoms with E-state index in [1.165, 1.54) is 11.3 Å². The first kappa shape index (κ1) is 11.7. The predicted octanol–water partition coefficient (Wildman–Crippen LogP) is 2.61. The Morgan fingerprint density at radius 3 is 2.86 bits per heavy atom. The fourth-order valence-electron chi connectivity index (χ4n) is 1.43. The fourth-order valence-corrected chi connectivity index (χ4v) is 1.93. The van der Waals surface area contributed by atoms with Gasteiger partial charge in [0.05, 0.1) is 5.69 Å². The Balaban J connectivity index is 2.56. The molecule has 0 fully saturated rings. The minimum Gasteiger partial charge on any atom is -0.299 e. The summed E-state index contributed by atoms with van der Waals surface area (Å²) in [4.78, 5) is 7.17. The molecular formula is C11H17BrN2. The van der Waals surface area contributed by atoms with E-state index in [0.29, 0.717) is 4.83 Å². The largest absolute Gasteiger partial charge is 0.299 e. The molecule has 0 aromatic carbocycles. The Morgan fingerprint density at radius 1 is 1.57 bits per heavy atom. The number of pyridine rings is 1. The maximum Gasteiger partial charge on any atom is 0.0572 e. The monoisotopic (exact) mass is 256 g/mol. The van der Waals surface area contributed by atoms with Crippen LogP contribution in [0.4, 0.5) is 0 Å². The molecule has 1 heterocycles. The molecule has 78 valence electrons. The molecule has 0 bridgehead atoms. The normalized spacial score (nSPS) is 13.2. The van der Waals surface area contributed by atoms with Crippen molar-refractivity contribution in [1.29, 1.82) is 0 Å². The molecule has 14 heavy (non-hydrogen) atoms. The minimum atomic E-state index is 0.525. The molecule has 0 saturated heterocycles. The molecule has 0 amide bonds. The molecular weight excluding hydrogens is 240 g/mol. The lowest BCUT2D eigenvalue weighted by Crippen LogP contribution is -2.24. The van der Waals surface area contributed by atoms with Crippen LogP contribution < -0.4 is 0 Å². The molecule has 0 saturated carbocycles. The topological polar surface area (TPSA) is 16.1 Å². The highest BCUT2D eigenvalue weighted by Gasteiger charge is 2.05. The first-order valence-corrected chi connectivity index (χ1v) is 5.74. The first-order chi connectivity index (χ1) is 6.59. The van der Waals surface area contributed by atoms with E-state index >= 15 is 0 Å². The van der Waals surface area contributed by atoms with Gasteiger partial charge in [0.2, 0.25) is 0 Å². The van der Waals surface area contributed by atoms with Gasteiger partial charge in [0.15, 0.2) is 0 Å². The highest BCUT2D eigenvalue weighted by Crippen LogP contribution is 2.07. The van der Waals surface area contributed by atoms with Crippen LogP contribution in [0.2, 0.25) is 0 Å². The lowest BCUT2D eigenvalue weighted by Gasteiger charge is -2.18. The van der Waals surface area contributed by atoms with E-state index in [9.17, 15) is 0 Å². The average Bonchev–Trinajstić information content (AvgIpc) is 2.07. The number of nitrogens with zero attached hydrogens (tertiary/aromatic N) is 2. The van der Waals surface area contributed by atoms with E-state index in [1.54, 1.807) is 0 Å². The Morgan fingerprint density at radius 2 is 2.29 bits per heavy atom. The fraction of sp³-hybridized carbons (Fsp3) is 0.545. The summed E-state index contributed by atoms with van der Waals surface area (Å²) in [7, 11) is 2.12. The molecule has 0 aliphatic heterocycles. The molecule has 0 spiro atoms. The van der Waals surface area contributed by atoms with Crippen molar-refractivity contribution < 1.29 is 0 Å². The maximum atomic E-state index is 4.37. The number of hydrogen-bond acceptors (Lipinski definition) is 2. The van der Waals surface area contributed by atoms with Gasteiger partial charge >= 0.3 is 0 Å². The van der Waals surface area contributed by atoms with Crippen LogP contribution in [0.25, 0.3) is 0 Å². The number of hydrogen-bond donors (Lipinski definition) is 0. The van der Waals surface area contributed by atoms with E-state index in [1.807, 2.05) is 12.3 Å². The Kier molecular flexibility index (Phi) is 4.55. The lowest BCUT2D eigenvalue weighted by atomic mass is 10.2. The van der Waals surface area contributed by atoms with Gasteiger partial charge in [0.25, 0.3) is 0 Å². The second kappa shape index (κ2) is 5.47. The van der Waals surface area contributed by atoms with Gasteiger partial charge in [-0.05, 0) is 25.6 Å². The molecule has 3 heteroatoms. The molecule has 0 aliphatic carbocycles. The summed E-state index contributed by atoms with van der Waals surface area (Å²) in [5.74, 6) is 0. The van der Waals surface area contributed by atoms with Gasteiger partial charge in [-0.2, -0.15) is 0 Å². The van der Waals surface area contributed by atoms with E-state index in [4.69, 9.17) is 0 Å². The molecule has 1 aromatic heterocycles. The van der Waals surface area contributed by atoms with Crippen LogP contribution in [0.15, 0.2) is 18.3 Å².